The van der Waals surface area contributed by atoms with Crippen molar-refractivity contribution in [1.82, 2.24) is 20.0 Å². The number of rotatable bonds is 3. The predicted molar refractivity (Wildman–Crippen MR) is 101 cm³/mol. The first-order chi connectivity index (χ1) is 13.9. The van der Waals surface area contributed by atoms with Crippen LogP contribution in [0.1, 0.15) is 46.3 Å². The summed E-state index contributed by atoms with van der Waals surface area (Å²) >= 11 is 0. The first-order valence-electron chi connectivity index (χ1n) is 9.43. The van der Waals surface area contributed by atoms with Gasteiger partial charge in [0.25, 0.3) is 5.91 Å². The molecular weight excluding hydrogens is 378 g/mol. The van der Waals surface area contributed by atoms with E-state index in [4.69, 9.17) is 4.52 Å². The molecule has 0 saturated carbocycles. The molecule has 0 N–H and O–H groups in total. The van der Waals surface area contributed by atoms with Crippen molar-refractivity contribution < 1.29 is 18.1 Å². The lowest BCUT2D eigenvalue weighted by Gasteiger charge is -2.32. The summed E-state index contributed by atoms with van der Waals surface area (Å²) in [6.45, 7) is 4.62. The van der Waals surface area contributed by atoms with Crippen LogP contribution in [0.15, 0.2) is 35.0 Å². The van der Waals surface area contributed by atoms with E-state index in [1.807, 2.05) is 19.9 Å². The molecule has 6 nitrogen and oxygen atoms in total. The molecule has 0 atom stereocenters. The van der Waals surface area contributed by atoms with Crippen LogP contribution in [-0.2, 0) is 0 Å². The fourth-order valence-electron chi connectivity index (χ4n) is 3.69. The Bertz CT molecular complexity index is 1040. The first kappa shape index (κ1) is 19.2. The predicted octanol–water partition coefficient (Wildman–Crippen LogP) is 4.05. The van der Waals surface area contributed by atoms with E-state index < -0.39 is 11.6 Å². The van der Waals surface area contributed by atoms with Gasteiger partial charge < -0.3 is 9.42 Å². The summed E-state index contributed by atoms with van der Waals surface area (Å²) in [4.78, 5) is 23.2. The number of carbonyl (C=O) groups is 1. The zero-order valence-electron chi connectivity index (χ0n) is 16.2. The Labute approximate surface area is 166 Å². The van der Waals surface area contributed by atoms with Gasteiger partial charge in [0.05, 0.1) is 17.0 Å². The van der Waals surface area contributed by atoms with Crippen LogP contribution in [-0.4, -0.2) is 39.0 Å². The van der Waals surface area contributed by atoms with E-state index in [0.717, 1.165) is 35.2 Å². The Balaban J connectivity index is 1.53. The molecule has 0 radical (unpaired) electrons. The van der Waals surface area contributed by atoms with Crippen molar-refractivity contribution in [3.8, 4) is 11.3 Å². The van der Waals surface area contributed by atoms with Crippen molar-refractivity contribution in [2.24, 2.45) is 0 Å². The van der Waals surface area contributed by atoms with Gasteiger partial charge in [-0.3, -0.25) is 4.79 Å². The summed E-state index contributed by atoms with van der Waals surface area (Å²) in [5.74, 6) is -0.490. The van der Waals surface area contributed by atoms with Crippen molar-refractivity contribution in [1.29, 1.82) is 0 Å². The van der Waals surface area contributed by atoms with Gasteiger partial charge in [-0.1, -0.05) is 5.16 Å². The zero-order chi connectivity index (χ0) is 20.5. The van der Waals surface area contributed by atoms with E-state index >= 15 is 0 Å². The van der Waals surface area contributed by atoms with Gasteiger partial charge in [-0.15, -0.1) is 0 Å². The Morgan fingerprint density at radius 3 is 2.41 bits per heavy atom. The number of carbonyl (C=O) groups excluding carboxylic acids is 1. The average molecular weight is 398 g/mol. The molecule has 150 valence electrons. The van der Waals surface area contributed by atoms with Crippen molar-refractivity contribution >= 4 is 5.91 Å². The molecule has 1 aliphatic rings. The molecule has 4 rings (SSSR count). The Morgan fingerprint density at radius 1 is 1.10 bits per heavy atom. The van der Waals surface area contributed by atoms with Crippen LogP contribution in [0, 0.1) is 25.5 Å². The molecule has 1 fully saturated rings. The largest absolute Gasteiger partial charge is 0.356 e. The van der Waals surface area contributed by atoms with Gasteiger partial charge in [0.1, 0.15) is 17.5 Å². The summed E-state index contributed by atoms with van der Waals surface area (Å²) in [5.41, 5.74) is 2.47. The lowest BCUT2D eigenvalue weighted by molar-refractivity contribution is 0.0711. The lowest BCUT2D eigenvalue weighted by Crippen LogP contribution is -2.38. The van der Waals surface area contributed by atoms with Gasteiger partial charge in [-0.2, -0.15) is 0 Å². The van der Waals surface area contributed by atoms with Crippen LogP contribution >= 0.6 is 0 Å². The molecule has 1 saturated heterocycles. The van der Waals surface area contributed by atoms with E-state index in [0.29, 0.717) is 37.5 Å². The van der Waals surface area contributed by atoms with Gasteiger partial charge in [-0.05, 0) is 38.8 Å². The highest BCUT2D eigenvalue weighted by Crippen LogP contribution is 2.34. The molecule has 3 heterocycles. The SMILES string of the molecule is Cc1cc(-c2cnc(C)nc2C2CCN(C(=O)c3cc(F)cc(F)c3)CC2)on1. The van der Waals surface area contributed by atoms with Gasteiger partial charge in [0.15, 0.2) is 5.76 Å². The third kappa shape index (κ3) is 4.01. The van der Waals surface area contributed by atoms with Gasteiger partial charge >= 0.3 is 0 Å². The summed E-state index contributed by atoms with van der Waals surface area (Å²) in [7, 11) is 0. The molecule has 0 spiro atoms. The Hall–Kier alpha value is -3.16. The number of halogens is 2. The van der Waals surface area contributed by atoms with Crippen LogP contribution in [0.4, 0.5) is 8.78 Å². The van der Waals surface area contributed by atoms with Crippen LogP contribution in [0.2, 0.25) is 0 Å². The van der Waals surface area contributed by atoms with E-state index in [1.54, 1.807) is 11.1 Å². The quantitative estimate of drug-likeness (QED) is 0.666. The molecule has 0 bridgehead atoms. The van der Waals surface area contributed by atoms with E-state index in [2.05, 4.69) is 15.1 Å². The molecule has 1 aromatic carbocycles. The smallest absolute Gasteiger partial charge is 0.254 e. The van der Waals surface area contributed by atoms with E-state index in [1.165, 1.54) is 0 Å². The molecule has 3 aromatic rings. The fraction of sp³-hybridized carbons (Fsp3) is 0.333. The Morgan fingerprint density at radius 2 is 1.79 bits per heavy atom. The van der Waals surface area contributed by atoms with Crippen LogP contribution < -0.4 is 0 Å². The average Bonchev–Trinajstić information content (AvgIpc) is 3.13. The third-order valence-corrected chi connectivity index (χ3v) is 5.11. The first-order valence-corrected chi connectivity index (χ1v) is 9.43. The van der Waals surface area contributed by atoms with Crippen molar-refractivity contribution in [2.75, 3.05) is 13.1 Å². The zero-order valence-corrected chi connectivity index (χ0v) is 16.2. The third-order valence-electron chi connectivity index (χ3n) is 5.11. The van der Waals surface area contributed by atoms with E-state index in [9.17, 15) is 13.6 Å². The van der Waals surface area contributed by atoms with Gasteiger partial charge in [-0.25, -0.2) is 18.7 Å². The number of benzene rings is 1. The number of likely N-dealkylation sites (tertiary alicyclic amines) is 1. The maximum atomic E-state index is 13.4. The maximum absolute atomic E-state index is 13.4. The normalized spacial score (nSPS) is 15.0. The van der Waals surface area contributed by atoms with E-state index in [-0.39, 0.29) is 17.4 Å². The lowest BCUT2D eigenvalue weighted by atomic mass is 9.90. The minimum atomic E-state index is -0.758. The number of aromatic nitrogens is 3. The minimum Gasteiger partial charge on any atom is -0.356 e. The van der Waals surface area contributed by atoms with Gasteiger partial charge in [0.2, 0.25) is 0 Å². The number of amides is 1. The minimum absolute atomic E-state index is 0.0247. The van der Waals surface area contributed by atoms with Crippen LogP contribution in [0.3, 0.4) is 0 Å². The second-order valence-electron chi connectivity index (χ2n) is 7.27. The summed E-state index contributed by atoms with van der Waals surface area (Å²) in [6.07, 6.45) is 3.10. The van der Waals surface area contributed by atoms with Crippen molar-refractivity contribution in [3.63, 3.8) is 0 Å². The molecule has 8 heteroatoms. The Kier molecular flexibility index (Phi) is 5.08. The highest BCUT2D eigenvalue weighted by atomic mass is 19.1. The van der Waals surface area contributed by atoms with Crippen LogP contribution in [0.5, 0.6) is 0 Å². The number of hydrogen-bond acceptors (Lipinski definition) is 5. The fourth-order valence-corrected chi connectivity index (χ4v) is 3.69. The van der Waals surface area contributed by atoms with Crippen molar-refractivity contribution in [3.05, 3.63) is 64.9 Å². The maximum Gasteiger partial charge on any atom is 0.254 e. The molecule has 1 amide bonds. The molecule has 0 aliphatic carbocycles. The number of nitrogens with zero attached hydrogens (tertiary/aromatic N) is 4. The number of hydrogen-bond donors (Lipinski definition) is 0. The molecular formula is C21H20F2N4O2. The number of aryl methyl sites for hydroxylation is 2. The summed E-state index contributed by atoms with van der Waals surface area (Å²) < 4.78 is 32.3. The highest BCUT2D eigenvalue weighted by Gasteiger charge is 2.28. The molecule has 29 heavy (non-hydrogen) atoms. The second-order valence-corrected chi connectivity index (χ2v) is 7.27. The van der Waals surface area contributed by atoms with Crippen molar-refractivity contribution in [2.45, 2.75) is 32.6 Å². The number of piperidine rings is 1. The highest BCUT2D eigenvalue weighted by molar-refractivity contribution is 5.94. The van der Waals surface area contributed by atoms with Gasteiger partial charge in [0, 0.05) is 42.9 Å². The molecule has 1 aliphatic heterocycles. The topological polar surface area (TPSA) is 72.1 Å². The monoisotopic (exact) mass is 398 g/mol. The molecule has 0 unspecified atom stereocenters. The standard InChI is InChI=1S/C21H20F2N4O2/c1-12-7-19(29-26-12)18-11-24-13(2)25-20(18)14-3-5-27(6-4-14)21(28)15-8-16(22)10-17(23)9-15/h7-11,14H,3-6H2,1-2H3. The second kappa shape index (κ2) is 7.69. The van der Waals surface area contributed by atoms with Crippen LogP contribution in [0.25, 0.3) is 11.3 Å². The molecule has 2 aromatic heterocycles. The summed E-state index contributed by atoms with van der Waals surface area (Å²) in [5, 5.41) is 3.94. The summed E-state index contributed by atoms with van der Waals surface area (Å²) in [6, 6.07) is 4.73.